The van der Waals surface area contributed by atoms with Crippen molar-refractivity contribution < 1.29 is 0 Å². The third-order valence-corrected chi connectivity index (χ3v) is 5.19. The van der Waals surface area contributed by atoms with Gasteiger partial charge in [-0.2, -0.15) is 0 Å². The zero-order valence-corrected chi connectivity index (χ0v) is 8.97. The first-order valence-electron chi connectivity index (χ1n) is 3.15. The SMILES string of the molecule is ClC1(Br)CCCCC1Br. The molecular weight excluding hydrogens is 267 g/mol. The zero-order valence-electron chi connectivity index (χ0n) is 5.04. The maximum Gasteiger partial charge on any atom is 0.112 e. The monoisotopic (exact) mass is 274 g/mol. The number of hydrogen-bond donors (Lipinski definition) is 0. The fraction of sp³-hybridized carbons (Fsp3) is 1.00. The highest BCUT2D eigenvalue weighted by atomic mass is 79.9. The molecule has 1 saturated carbocycles. The molecule has 3 heteroatoms. The molecule has 1 aliphatic carbocycles. The Morgan fingerprint density at radius 1 is 1.44 bits per heavy atom. The minimum Gasteiger partial charge on any atom is -0.106 e. The molecular formula is C6H9Br2Cl. The molecule has 0 aromatic heterocycles. The van der Waals surface area contributed by atoms with Gasteiger partial charge in [0.2, 0.25) is 0 Å². The molecule has 0 N–H and O–H groups in total. The van der Waals surface area contributed by atoms with Crippen LogP contribution in [-0.4, -0.2) is 8.61 Å². The lowest BCUT2D eigenvalue weighted by Gasteiger charge is -2.30. The molecule has 9 heavy (non-hydrogen) atoms. The van der Waals surface area contributed by atoms with Crippen LogP contribution >= 0.6 is 43.5 Å². The van der Waals surface area contributed by atoms with E-state index >= 15 is 0 Å². The van der Waals surface area contributed by atoms with E-state index in [0.29, 0.717) is 4.83 Å². The molecule has 0 saturated heterocycles. The molecule has 54 valence electrons. The highest BCUT2D eigenvalue weighted by Crippen LogP contribution is 2.43. The predicted molar refractivity (Wildman–Crippen MR) is 48.7 cm³/mol. The Morgan fingerprint density at radius 2 is 2.11 bits per heavy atom. The average molecular weight is 276 g/mol. The summed E-state index contributed by atoms with van der Waals surface area (Å²) >= 11 is 13.1. The first-order valence-corrected chi connectivity index (χ1v) is 5.23. The summed E-state index contributed by atoms with van der Waals surface area (Å²) < 4.78 is -0.161. The summed E-state index contributed by atoms with van der Waals surface area (Å²) in [6.07, 6.45) is 4.81. The highest BCUT2D eigenvalue weighted by molar-refractivity contribution is 9.13. The van der Waals surface area contributed by atoms with Gasteiger partial charge in [-0.15, -0.1) is 11.6 Å². The molecule has 0 aromatic carbocycles. The Labute approximate surface area is 77.6 Å². The van der Waals surface area contributed by atoms with Crippen molar-refractivity contribution in [3.63, 3.8) is 0 Å². The Kier molecular flexibility index (Phi) is 2.88. The second-order valence-corrected chi connectivity index (χ2v) is 6.13. The number of alkyl halides is 3. The van der Waals surface area contributed by atoms with E-state index in [0.717, 1.165) is 6.42 Å². The molecule has 0 spiro atoms. The van der Waals surface area contributed by atoms with Crippen molar-refractivity contribution in [3.8, 4) is 0 Å². The van der Waals surface area contributed by atoms with E-state index in [1.807, 2.05) is 0 Å². The lowest BCUT2D eigenvalue weighted by Crippen LogP contribution is -2.28. The lowest BCUT2D eigenvalue weighted by atomic mass is 10.0. The third kappa shape index (κ3) is 2.09. The summed E-state index contributed by atoms with van der Waals surface area (Å²) in [5.41, 5.74) is 0. The van der Waals surface area contributed by atoms with Gasteiger partial charge in [0, 0.05) is 4.83 Å². The predicted octanol–water partition coefficient (Wildman–Crippen LogP) is 3.65. The largest absolute Gasteiger partial charge is 0.112 e. The van der Waals surface area contributed by atoms with Gasteiger partial charge in [0.15, 0.2) is 0 Å². The van der Waals surface area contributed by atoms with Crippen LogP contribution in [0.2, 0.25) is 0 Å². The molecule has 1 fully saturated rings. The van der Waals surface area contributed by atoms with Crippen LogP contribution in [0, 0.1) is 0 Å². The van der Waals surface area contributed by atoms with Crippen LogP contribution in [0.3, 0.4) is 0 Å². The van der Waals surface area contributed by atoms with E-state index < -0.39 is 0 Å². The molecule has 1 rings (SSSR count). The number of halogens is 3. The molecule has 0 bridgehead atoms. The summed E-state index contributed by atoms with van der Waals surface area (Å²) in [7, 11) is 0. The van der Waals surface area contributed by atoms with E-state index in [4.69, 9.17) is 11.6 Å². The standard InChI is InChI=1S/C6H9Br2Cl/c7-5-3-1-2-4-6(5,8)9/h5H,1-4H2. The van der Waals surface area contributed by atoms with Crippen LogP contribution in [0.1, 0.15) is 25.7 Å². The highest BCUT2D eigenvalue weighted by Gasteiger charge is 2.34. The molecule has 0 aliphatic heterocycles. The lowest BCUT2D eigenvalue weighted by molar-refractivity contribution is 0.508. The Morgan fingerprint density at radius 3 is 2.44 bits per heavy atom. The average Bonchev–Trinajstić information content (AvgIpc) is 1.77. The van der Waals surface area contributed by atoms with E-state index in [9.17, 15) is 0 Å². The van der Waals surface area contributed by atoms with Crippen molar-refractivity contribution in [1.82, 2.24) is 0 Å². The van der Waals surface area contributed by atoms with Gasteiger partial charge in [-0.05, 0) is 12.8 Å². The minimum atomic E-state index is -0.161. The van der Waals surface area contributed by atoms with Crippen LogP contribution in [-0.2, 0) is 0 Å². The Balaban J connectivity index is 2.49. The van der Waals surface area contributed by atoms with Crippen molar-refractivity contribution >= 4 is 43.5 Å². The molecule has 0 radical (unpaired) electrons. The summed E-state index contributed by atoms with van der Waals surface area (Å²) in [6, 6.07) is 0. The fourth-order valence-electron chi connectivity index (χ4n) is 1.05. The first kappa shape index (κ1) is 8.35. The summed E-state index contributed by atoms with van der Waals surface area (Å²) in [6.45, 7) is 0. The van der Waals surface area contributed by atoms with Crippen molar-refractivity contribution in [3.05, 3.63) is 0 Å². The third-order valence-electron chi connectivity index (χ3n) is 1.68. The second-order valence-electron chi connectivity index (χ2n) is 2.47. The van der Waals surface area contributed by atoms with Crippen LogP contribution in [0.4, 0.5) is 0 Å². The minimum absolute atomic E-state index is 0.161. The van der Waals surface area contributed by atoms with Crippen LogP contribution in [0.25, 0.3) is 0 Å². The summed E-state index contributed by atoms with van der Waals surface area (Å²) in [5.74, 6) is 0. The maximum absolute atomic E-state index is 6.09. The van der Waals surface area contributed by atoms with Gasteiger partial charge in [-0.25, -0.2) is 0 Å². The van der Waals surface area contributed by atoms with Crippen molar-refractivity contribution in [1.29, 1.82) is 0 Å². The smallest absolute Gasteiger partial charge is 0.106 e. The quantitative estimate of drug-likeness (QED) is 0.592. The van der Waals surface area contributed by atoms with Crippen molar-refractivity contribution in [2.45, 2.75) is 34.3 Å². The van der Waals surface area contributed by atoms with Crippen LogP contribution in [0.15, 0.2) is 0 Å². The van der Waals surface area contributed by atoms with Gasteiger partial charge >= 0.3 is 0 Å². The normalized spacial score (nSPS) is 45.0. The summed E-state index contributed by atoms with van der Waals surface area (Å²) in [4.78, 5) is 0.445. The fourth-order valence-corrected chi connectivity index (χ4v) is 2.36. The zero-order chi connectivity index (χ0) is 6.91. The molecule has 0 heterocycles. The van der Waals surface area contributed by atoms with E-state index in [1.165, 1.54) is 19.3 Å². The molecule has 0 amide bonds. The Hall–Kier alpha value is 1.25. The van der Waals surface area contributed by atoms with Gasteiger partial charge in [0.25, 0.3) is 0 Å². The topological polar surface area (TPSA) is 0 Å². The van der Waals surface area contributed by atoms with E-state index in [2.05, 4.69) is 31.9 Å². The van der Waals surface area contributed by atoms with E-state index in [-0.39, 0.29) is 3.78 Å². The second kappa shape index (κ2) is 3.10. The first-order chi connectivity index (χ1) is 4.13. The maximum atomic E-state index is 6.09. The summed E-state index contributed by atoms with van der Waals surface area (Å²) in [5, 5.41) is 0. The molecule has 1 aliphatic rings. The van der Waals surface area contributed by atoms with Gasteiger partial charge in [-0.3, -0.25) is 0 Å². The number of rotatable bonds is 0. The van der Waals surface area contributed by atoms with Crippen molar-refractivity contribution in [2.24, 2.45) is 0 Å². The van der Waals surface area contributed by atoms with Crippen molar-refractivity contribution in [2.75, 3.05) is 0 Å². The van der Waals surface area contributed by atoms with E-state index in [1.54, 1.807) is 0 Å². The Bertz CT molecular complexity index is 103. The van der Waals surface area contributed by atoms with Gasteiger partial charge < -0.3 is 0 Å². The molecule has 2 atom stereocenters. The molecule has 0 aromatic rings. The molecule has 2 unspecified atom stereocenters. The van der Waals surface area contributed by atoms with Crippen LogP contribution < -0.4 is 0 Å². The number of hydrogen-bond acceptors (Lipinski definition) is 0. The molecule has 0 nitrogen and oxygen atoms in total. The van der Waals surface area contributed by atoms with Gasteiger partial charge in [0.05, 0.1) is 0 Å². The van der Waals surface area contributed by atoms with Crippen LogP contribution in [0.5, 0.6) is 0 Å². The van der Waals surface area contributed by atoms with Gasteiger partial charge in [0.1, 0.15) is 3.78 Å². The van der Waals surface area contributed by atoms with Gasteiger partial charge in [-0.1, -0.05) is 44.7 Å².